The second-order valence-electron chi connectivity index (χ2n) is 21.0. The fourth-order valence-corrected chi connectivity index (χ4v) is 24.1. The molecule has 1 N–H and O–H groups in total. The molecular formula is C73H54O4P4. The molecule has 2 aliphatic rings. The average molecular weight is 1120 g/mol. The summed E-state index contributed by atoms with van der Waals surface area (Å²) in [5, 5.41) is 8.68. The van der Waals surface area contributed by atoms with Crippen molar-refractivity contribution >= 4 is 92.6 Å². The van der Waals surface area contributed by atoms with Crippen molar-refractivity contribution in [1.29, 1.82) is 0 Å². The summed E-state index contributed by atoms with van der Waals surface area (Å²) in [6, 6.07) is 104. The van der Waals surface area contributed by atoms with Gasteiger partial charge in [0.2, 0.25) is 0 Å². The van der Waals surface area contributed by atoms with Gasteiger partial charge in [-0.05, 0) is 0 Å². The SMILES string of the molecule is O=P(c1ccccc1)(c1ccccc1)c1ccc2c(c1)C1(c3cc(P(=O)(c4ccccc4)c4ccccc4)ccc3-2)c2cc(P(=O)(c3ccccc3)c3ccccc3)ccc2-c2ccc([PH](O)(c3ccccc3)c3ccccc3)cc21. The van der Waals surface area contributed by atoms with E-state index in [0.717, 1.165) is 60.4 Å². The number of hydrogen-bond acceptors (Lipinski definition) is 4. The summed E-state index contributed by atoms with van der Waals surface area (Å²) in [6.07, 6.45) is 0. The molecule has 4 nitrogen and oxygen atoms in total. The van der Waals surface area contributed by atoms with E-state index < -0.39 is 34.3 Å². The van der Waals surface area contributed by atoms with E-state index in [-0.39, 0.29) is 0 Å². The first-order valence-electron chi connectivity index (χ1n) is 27.3. The Morgan fingerprint density at radius 1 is 0.235 bits per heavy atom. The molecule has 2 aliphatic carbocycles. The Bertz CT molecular complexity index is 4020. The van der Waals surface area contributed by atoms with Gasteiger partial charge in [-0.3, -0.25) is 0 Å². The molecule has 0 heterocycles. The van der Waals surface area contributed by atoms with Gasteiger partial charge < -0.3 is 0 Å². The van der Waals surface area contributed by atoms with Crippen LogP contribution < -0.4 is 63.7 Å². The minimum atomic E-state index is -3.80. The quantitative estimate of drug-likeness (QED) is 0.124. The molecule has 0 aromatic heterocycles. The molecule has 12 aromatic carbocycles. The Hall–Kier alpha value is -8.28. The fraction of sp³-hybridized carbons (Fsp3) is 0.0137. The molecule has 1 spiro atoms. The van der Waals surface area contributed by atoms with Gasteiger partial charge in [-0.2, -0.15) is 0 Å². The second kappa shape index (κ2) is 20.1. The first-order valence-corrected chi connectivity index (χ1v) is 34.3. The van der Waals surface area contributed by atoms with Gasteiger partial charge in [0, 0.05) is 0 Å². The van der Waals surface area contributed by atoms with Gasteiger partial charge in [-0.25, -0.2) is 0 Å². The van der Waals surface area contributed by atoms with Crippen molar-refractivity contribution in [1.82, 2.24) is 0 Å². The number of benzene rings is 12. The topological polar surface area (TPSA) is 71.4 Å². The summed E-state index contributed by atoms with van der Waals surface area (Å²) >= 11 is 0. The maximum absolute atomic E-state index is 16.8. The molecule has 0 unspecified atom stereocenters. The molecule has 390 valence electrons. The predicted molar refractivity (Wildman–Crippen MR) is 343 cm³/mol. The Morgan fingerprint density at radius 2 is 0.457 bits per heavy atom. The summed E-state index contributed by atoms with van der Waals surface area (Å²) < 4.78 is 50.3. The van der Waals surface area contributed by atoms with Crippen LogP contribution in [0.4, 0.5) is 0 Å². The fourth-order valence-electron chi connectivity index (χ4n) is 13.0. The molecule has 0 radical (unpaired) electrons. The van der Waals surface area contributed by atoms with E-state index in [1.54, 1.807) is 0 Å². The number of fused-ring (bicyclic) bond motifs is 10. The Kier molecular flexibility index (Phi) is 12.6. The molecule has 0 saturated heterocycles. The zero-order valence-corrected chi connectivity index (χ0v) is 47.7. The van der Waals surface area contributed by atoms with E-state index in [9.17, 15) is 4.89 Å². The Balaban J connectivity index is 1.14. The minimum absolute atomic E-state index is 0.659. The third kappa shape index (κ3) is 7.78. The van der Waals surface area contributed by atoms with Gasteiger partial charge in [0.25, 0.3) is 0 Å². The molecule has 0 amide bonds. The van der Waals surface area contributed by atoms with Crippen molar-refractivity contribution in [3.05, 3.63) is 338 Å². The molecule has 0 fully saturated rings. The average Bonchev–Trinajstić information content (AvgIpc) is 4.24. The number of rotatable bonds is 12. The summed E-state index contributed by atoms with van der Waals surface area (Å²) in [5.74, 6) is 0. The molecule has 8 heteroatoms. The van der Waals surface area contributed by atoms with E-state index in [2.05, 4.69) is 54.6 Å². The first kappa shape index (κ1) is 50.9. The van der Waals surface area contributed by atoms with Crippen molar-refractivity contribution in [2.45, 2.75) is 5.41 Å². The van der Waals surface area contributed by atoms with E-state index in [1.165, 1.54) is 0 Å². The summed E-state index contributed by atoms with van der Waals surface area (Å²) in [6.45, 7) is 0. The third-order valence-corrected chi connectivity index (χ3v) is 29.5. The van der Waals surface area contributed by atoms with Crippen molar-refractivity contribution in [3.8, 4) is 22.3 Å². The number of hydrogen-bond donors (Lipinski definition) is 1. The van der Waals surface area contributed by atoms with Crippen LogP contribution in [0.2, 0.25) is 0 Å². The van der Waals surface area contributed by atoms with Crippen molar-refractivity contribution < 1.29 is 18.6 Å². The zero-order chi connectivity index (χ0) is 54.8. The van der Waals surface area contributed by atoms with Crippen LogP contribution in [0.25, 0.3) is 22.3 Å². The van der Waals surface area contributed by atoms with Gasteiger partial charge >= 0.3 is 477 Å². The third-order valence-electron chi connectivity index (χ3n) is 16.8. The van der Waals surface area contributed by atoms with Crippen molar-refractivity contribution in [3.63, 3.8) is 0 Å². The summed E-state index contributed by atoms with van der Waals surface area (Å²) in [7, 11) is -14.6. The van der Waals surface area contributed by atoms with E-state index >= 15 is 13.7 Å². The predicted octanol–water partition coefficient (Wildman–Crippen LogP) is 11.9. The standard InChI is InChI=1S/C73H54O4P4/c74-78(53-25-9-1-10-26-53,54-27-11-2-12-28-54)61-41-45-65-66-46-42-62(79(75,55-29-13-3-14-30-55)56-31-15-4-16-32-56)50-70(66)73(69(65)49-61)71-51-63(80(76,57-33-17-5-18-34-57)58-35-19-6-20-36-58)43-47-67(71)68-48-44-64(52-72(68)73)81(77,59-37-21-7-22-38-59)60-39-23-8-24-40-60/h1-52,74,78H. The van der Waals surface area contributed by atoms with Gasteiger partial charge in [0.15, 0.2) is 0 Å². The van der Waals surface area contributed by atoms with Crippen LogP contribution >= 0.6 is 28.9 Å². The van der Waals surface area contributed by atoms with E-state index in [1.807, 2.05) is 261 Å². The molecule has 0 atom stereocenters. The first-order chi connectivity index (χ1) is 39.7. The van der Waals surface area contributed by atoms with Crippen LogP contribution in [0.15, 0.2) is 315 Å². The van der Waals surface area contributed by atoms with Crippen molar-refractivity contribution in [2.24, 2.45) is 0 Å². The van der Waals surface area contributed by atoms with Crippen LogP contribution in [0, 0.1) is 0 Å². The van der Waals surface area contributed by atoms with Crippen LogP contribution in [0.3, 0.4) is 0 Å². The monoisotopic (exact) mass is 1120 g/mol. The van der Waals surface area contributed by atoms with Crippen molar-refractivity contribution in [2.75, 3.05) is 0 Å². The molecule has 0 saturated carbocycles. The maximum atomic E-state index is 16.8. The molecule has 81 heavy (non-hydrogen) atoms. The van der Waals surface area contributed by atoms with Crippen LogP contribution in [-0.2, 0) is 19.1 Å². The van der Waals surface area contributed by atoms with E-state index in [4.69, 9.17) is 0 Å². The van der Waals surface area contributed by atoms with Crippen LogP contribution in [0.5, 0.6) is 0 Å². The van der Waals surface area contributed by atoms with Gasteiger partial charge in [0.05, 0.1) is 0 Å². The second-order valence-corrected chi connectivity index (χ2v) is 32.4. The molecule has 14 rings (SSSR count). The normalized spacial score (nSPS) is 13.4. The summed E-state index contributed by atoms with van der Waals surface area (Å²) in [4.78, 5) is 13.9. The molecule has 0 aliphatic heterocycles. The van der Waals surface area contributed by atoms with Gasteiger partial charge in [-0.1, -0.05) is 0 Å². The van der Waals surface area contributed by atoms with Crippen LogP contribution in [-0.4, -0.2) is 4.89 Å². The van der Waals surface area contributed by atoms with Gasteiger partial charge in [0.1, 0.15) is 0 Å². The Labute approximate surface area is 473 Å². The summed E-state index contributed by atoms with van der Waals surface area (Å²) in [5.41, 5.74) is 6.11. The van der Waals surface area contributed by atoms with E-state index in [0.29, 0.717) is 47.7 Å². The Morgan fingerprint density at radius 3 is 0.716 bits per heavy atom. The van der Waals surface area contributed by atoms with Gasteiger partial charge in [-0.15, -0.1) is 0 Å². The zero-order valence-electron chi connectivity index (χ0n) is 44.0. The molecule has 0 bridgehead atoms. The molecular weight excluding hydrogens is 1060 g/mol. The molecule has 12 aromatic rings. The van der Waals surface area contributed by atoms with Crippen LogP contribution in [0.1, 0.15) is 22.3 Å².